The topological polar surface area (TPSA) is 55.1 Å². The summed E-state index contributed by atoms with van der Waals surface area (Å²) in [4.78, 5) is 10.8. The SMILES string of the molecule is CCCSCC(NCC)C(N)=O. The van der Waals surface area contributed by atoms with Gasteiger partial charge in [-0.1, -0.05) is 13.8 Å². The summed E-state index contributed by atoms with van der Waals surface area (Å²) in [5, 5.41) is 3.05. The summed E-state index contributed by atoms with van der Waals surface area (Å²) in [7, 11) is 0. The highest BCUT2D eigenvalue weighted by Crippen LogP contribution is 2.04. The Kier molecular flexibility index (Phi) is 7.29. The second-order valence-corrected chi connectivity index (χ2v) is 3.74. The lowest BCUT2D eigenvalue weighted by molar-refractivity contribution is -0.119. The summed E-state index contributed by atoms with van der Waals surface area (Å²) in [6.45, 7) is 4.89. The van der Waals surface area contributed by atoms with Crippen molar-refractivity contribution in [3.8, 4) is 0 Å². The Morgan fingerprint density at radius 1 is 1.58 bits per heavy atom. The van der Waals surface area contributed by atoms with E-state index in [4.69, 9.17) is 5.73 Å². The first-order chi connectivity index (χ1) is 5.72. The van der Waals surface area contributed by atoms with Gasteiger partial charge in [0.15, 0.2) is 0 Å². The molecular formula is C8H18N2OS. The number of likely N-dealkylation sites (N-methyl/N-ethyl adjacent to an activating group) is 1. The number of nitrogens with one attached hydrogen (secondary N) is 1. The molecule has 0 spiro atoms. The molecule has 0 saturated heterocycles. The molecule has 0 aliphatic heterocycles. The van der Waals surface area contributed by atoms with Gasteiger partial charge in [-0.15, -0.1) is 0 Å². The van der Waals surface area contributed by atoms with Crippen molar-refractivity contribution < 1.29 is 4.79 Å². The van der Waals surface area contributed by atoms with Gasteiger partial charge in [0.2, 0.25) is 5.91 Å². The summed E-state index contributed by atoms with van der Waals surface area (Å²) < 4.78 is 0. The van der Waals surface area contributed by atoms with Crippen molar-refractivity contribution in [2.75, 3.05) is 18.1 Å². The van der Waals surface area contributed by atoms with E-state index in [-0.39, 0.29) is 11.9 Å². The Morgan fingerprint density at radius 3 is 2.67 bits per heavy atom. The van der Waals surface area contributed by atoms with Gasteiger partial charge in [0.05, 0.1) is 6.04 Å². The first-order valence-electron chi connectivity index (χ1n) is 4.32. The highest BCUT2D eigenvalue weighted by Gasteiger charge is 2.12. The molecule has 0 bridgehead atoms. The Morgan fingerprint density at radius 2 is 2.25 bits per heavy atom. The van der Waals surface area contributed by atoms with E-state index in [0.717, 1.165) is 24.5 Å². The van der Waals surface area contributed by atoms with Gasteiger partial charge in [-0.2, -0.15) is 11.8 Å². The molecule has 0 rings (SSSR count). The van der Waals surface area contributed by atoms with Crippen molar-refractivity contribution in [2.45, 2.75) is 26.3 Å². The molecule has 1 amide bonds. The maximum absolute atomic E-state index is 10.8. The molecule has 4 heteroatoms. The van der Waals surface area contributed by atoms with Crippen LogP contribution in [0.2, 0.25) is 0 Å². The second kappa shape index (κ2) is 7.43. The zero-order chi connectivity index (χ0) is 9.40. The normalized spacial score (nSPS) is 12.8. The number of rotatable bonds is 7. The van der Waals surface area contributed by atoms with Crippen LogP contribution >= 0.6 is 11.8 Å². The smallest absolute Gasteiger partial charge is 0.235 e. The molecule has 12 heavy (non-hydrogen) atoms. The summed E-state index contributed by atoms with van der Waals surface area (Å²) in [6.07, 6.45) is 1.14. The number of hydrogen-bond donors (Lipinski definition) is 2. The zero-order valence-electron chi connectivity index (χ0n) is 7.80. The van der Waals surface area contributed by atoms with Crippen molar-refractivity contribution in [1.82, 2.24) is 5.32 Å². The maximum Gasteiger partial charge on any atom is 0.235 e. The molecule has 1 unspecified atom stereocenters. The highest BCUT2D eigenvalue weighted by molar-refractivity contribution is 7.99. The number of hydrogen-bond acceptors (Lipinski definition) is 3. The number of carbonyl (C=O) groups is 1. The van der Waals surface area contributed by atoms with Crippen LogP contribution in [0.15, 0.2) is 0 Å². The standard InChI is InChI=1S/C8H18N2OS/c1-3-5-12-6-7(8(9)11)10-4-2/h7,10H,3-6H2,1-2H3,(H2,9,11). The third-order valence-electron chi connectivity index (χ3n) is 1.43. The quantitative estimate of drug-likeness (QED) is 0.578. The van der Waals surface area contributed by atoms with Gasteiger partial charge in [-0.05, 0) is 18.7 Å². The predicted octanol–water partition coefficient (Wildman–Crippen LogP) is 0.593. The van der Waals surface area contributed by atoms with Crippen LogP contribution in [-0.2, 0) is 4.79 Å². The fourth-order valence-electron chi connectivity index (χ4n) is 0.834. The van der Waals surface area contributed by atoms with Crippen LogP contribution in [0.5, 0.6) is 0 Å². The Balaban J connectivity index is 3.56. The Labute approximate surface area is 78.5 Å². The number of primary amides is 1. The lowest BCUT2D eigenvalue weighted by atomic mass is 10.3. The van der Waals surface area contributed by atoms with Crippen LogP contribution in [0.3, 0.4) is 0 Å². The van der Waals surface area contributed by atoms with E-state index in [1.54, 1.807) is 11.8 Å². The van der Waals surface area contributed by atoms with E-state index < -0.39 is 0 Å². The summed E-state index contributed by atoms with van der Waals surface area (Å²) in [5.41, 5.74) is 5.19. The molecule has 0 radical (unpaired) electrons. The van der Waals surface area contributed by atoms with Gasteiger partial charge in [-0.25, -0.2) is 0 Å². The van der Waals surface area contributed by atoms with Crippen molar-refractivity contribution in [3.05, 3.63) is 0 Å². The van der Waals surface area contributed by atoms with Crippen molar-refractivity contribution >= 4 is 17.7 Å². The van der Waals surface area contributed by atoms with E-state index >= 15 is 0 Å². The summed E-state index contributed by atoms with van der Waals surface area (Å²) in [5.74, 6) is 1.63. The average Bonchev–Trinajstić information content (AvgIpc) is 2.03. The van der Waals surface area contributed by atoms with Gasteiger partial charge in [0, 0.05) is 5.75 Å². The lowest BCUT2D eigenvalue weighted by Gasteiger charge is -2.12. The minimum Gasteiger partial charge on any atom is -0.368 e. The van der Waals surface area contributed by atoms with Crippen LogP contribution in [-0.4, -0.2) is 30.0 Å². The molecule has 0 aromatic carbocycles. The number of thioether (sulfide) groups is 1. The minimum atomic E-state index is -0.250. The summed E-state index contributed by atoms with van der Waals surface area (Å²) >= 11 is 1.77. The van der Waals surface area contributed by atoms with Crippen molar-refractivity contribution in [3.63, 3.8) is 0 Å². The van der Waals surface area contributed by atoms with Gasteiger partial charge in [0.25, 0.3) is 0 Å². The molecule has 0 aliphatic carbocycles. The number of carbonyl (C=O) groups excluding carboxylic acids is 1. The maximum atomic E-state index is 10.8. The molecule has 72 valence electrons. The molecule has 0 saturated carbocycles. The third-order valence-corrected chi connectivity index (χ3v) is 2.69. The lowest BCUT2D eigenvalue weighted by Crippen LogP contribution is -2.43. The fraction of sp³-hybridized carbons (Fsp3) is 0.875. The first-order valence-corrected chi connectivity index (χ1v) is 5.48. The Bertz CT molecular complexity index is 130. The van der Waals surface area contributed by atoms with E-state index in [1.165, 1.54) is 0 Å². The molecule has 0 heterocycles. The van der Waals surface area contributed by atoms with Crippen LogP contribution in [0, 0.1) is 0 Å². The first kappa shape index (κ1) is 11.8. The molecule has 3 N–H and O–H groups in total. The highest BCUT2D eigenvalue weighted by atomic mass is 32.2. The number of amides is 1. The largest absolute Gasteiger partial charge is 0.368 e. The van der Waals surface area contributed by atoms with Crippen LogP contribution in [0.1, 0.15) is 20.3 Å². The van der Waals surface area contributed by atoms with Crippen molar-refractivity contribution in [1.29, 1.82) is 0 Å². The van der Waals surface area contributed by atoms with Gasteiger partial charge in [0.1, 0.15) is 0 Å². The predicted molar refractivity (Wildman–Crippen MR) is 54.3 cm³/mol. The van der Waals surface area contributed by atoms with E-state index in [9.17, 15) is 4.79 Å². The molecule has 0 fully saturated rings. The molecule has 3 nitrogen and oxygen atoms in total. The fourth-order valence-corrected chi connectivity index (χ4v) is 1.81. The molecular weight excluding hydrogens is 172 g/mol. The van der Waals surface area contributed by atoms with Crippen LogP contribution < -0.4 is 11.1 Å². The second-order valence-electron chi connectivity index (χ2n) is 2.59. The van der Waals surface area contributed by atoms with Gasteiger partial charge >= 0.3 is 0 Å². The van der Waals surface area contributed by atoms with Gasteiger partial charge < -0.3 is 11.1 Å². The van der Waals surface area contributed by atoms with E-state index in [1.807, 2.05) is 6.92 Å². The minimum absolute atomic E-state index is 0.161. The van der Waals surface area contributed by atoms with E-state index in [2.05, 4.69) is 12.2 Å². The number of nitrogens with two attached hydrogens (primary N) is 1. The molecule has 0 aliphatic rings. The molecule has 1 atom stereocenters. The van der Waals surface area contributed by atoms with Crippen LogP contribution in [0.4, 0.5) is 0 Å². The monoisotopic (exact) mass is 190 g/mol. The Hall–Kier alpha value is -0.220. The van der Waals surface area contributed by atoms with Crippen LogP contribution in [0.25, 0.3) is 0 Å². The van der Waals surface area contributed by atoms with Crippen molar-refractivity contribution in [2.24, 2.45) is 5.73 Å². The van der Waals surface area contributed by atoms with E-state index in [0.29, 0.717) is 0 Å². The third kappa shape index (κ3) is 5.43. The summed E-state index contributed by atoms with van der Waals surface area (Å²) in [6, 6.07) is -0.161. The average molecular weight is 190 g/mol. The molecule has 0 aromatic heterocycles. The zero-order valence-corrected chi connectivity index (χ0v) is 8.62. The van der Waals surface area contributed by atoms with Gasteiger partial charge in [-0.3, -0.25) is 4.79 Å². The molecule has 0 aromatic rings.